The number of ether oxygens (including phenoxy) is 1. The van der Waals surface area contributed by atoms with Crippen LogP contribution < -0.4 is 11.0 Å². The van der Waals surface area contributed by atoms with Crippen molar-refractivity contribution in [3.05, 3.63) is 34.7 Å². The lowest BCUT2D eigenvalue weighted by Crippen LogP contribution is -2.57. The number of hydrogen-bond acceptors (Lipinski definition) is 6. The lowest BCUT2D eigenvalue weighted by Gasteiger charge is -2.39. The van der Waals surface area contributed by atoms with Gasteiger partial charge in [-0.3, -0.25) is 9.56 Å². The Hall–Kier alpha value is -2.24. The molecule has 0 saturated carbocycles. The molecule has 0 bridgehead atoms. The standard InChI is InChI=1S/C20H28N6O3.HI/c1-20(2,3)29-19(28)24-10-11-25-14(13-24)12-22-17(25)21-8-9-26-16-7-5-4-6-15(16)23-18(26)27;/h4-7,14H,8-13H2,1-3H3,(H,21,22)(H,23,27);1H. The fraction of sp³-hybridized carbons (Fsp3) is 0.550. The molecule has 1 amide bonds. The zero-order valence-electron chi connectivity index (χ0n) is 17.6. The van der Waals surface area contributed by atoms with E-state index >= 15 is 0 Å². The summed E-state index contributed by atoms with van der Waals surface area (Å²) in [6.45, 7) is 9.34. The maximum Gasteiger partial charge on any atom is 0.410 e. The minimum Gasteiger partial charge on any atom is -0.444 e. The van der Waals surface area contributed by atoms with E-state index in [2.05, 4.69) is 20.2 Å². The number of halogens is 1. The van der Waals surface area contributed by atoms with Crippen molar-refractivity contribution in [1.82, 2.24) is 24.7 Å². The van der Waals surface area contributed by atoms with Crippen molar-refractivity contribution in [1.29, 1.82) is 0 Å². The summed E-state index contributed by atoms with van der Waals surface area (Å²) in [5, 5.41) is 3.36. The van der Waals surface area contributed by atoms with Gasteiger partial charge in [0.15, 0.2) is 5.96 Å². The molecule has 2 aliphatic rings. The first-order valence-electron chi connectivity index (χ1n) is 10.0. The lowest BCUT2D eigenvalue weighted by molar-refractivity contribution is 0.0137. The van der Waals surface area contributed by atoms with Crippen molar-refractivity contribution in [2.75, 3.05) is 32.7 Å². The zero-order chi connectivity index (χ0) is 20.6. The van der Waals surface area contributed by atoms with E-state index in [9.17, 15) is 9.59 Å². The summed E-state index contributed by atoms with van der Waals surface area (Å²) in [4.78, 5) is 36.0. The molecule has 1 saturated heterocycles. The molecule has 164 valence electrons. The first kappa shape index (κ1) is 22.4. The van der Waals surface area contributed by atoms with Gasteiger partial charge in [0.2, 0.25) is 0 Å². The number of nitrogens with zero attached hydrogens (tertiary/aromatic N) is 4. The predicted octanol–water partition coefficient (Wildman–Crippen LogP) is 1.83. The molecule has 30 heavy (non-hydrogen) atoms. The number of aromatic nitrogens is 2. The molecule has 1 fully saturated rings. The fourth-order valence-corrected chi connectivity index (χ4v) is 3.83. The van der Waals surface area contributed by atoms with Crippen LogP contribution >= 0.6 is 24.0 Å². The molecule has 1 unspecified atom stereocenters. The Labute approximate surface area is 192 Å². The van der Waals surface area contributed by atoms with Crippen molar-refractivity contribution in [3.8, 4) is 0 Å². The monoisotopic (exact) mass is 528 g/mol. The number of amides is 1. The summed E-state index contributed by atoms with van der Waals surface area (Å²) in [5.74, 6) is 0.840. The number of H-pyrrole nitrogens is 1. The van der Waals surface area contributed by atoms with E-state index < -0.39 is 5.60 Å². The van der Waals surface area contributed by atoms with Crippen LogP contribution in [0.2, 0.25) is 0 Å². The summed E-state index contributed by atoms with van der Waals surface area (Å²) >= 11 is 0. The van der Waals surface area contributed by atoms with Crippen LogP contribution in [0.1, 0.15) is 20.8 Å². The van der Waals surface area contributed by atoms with Gasteiger partial charge in [-0.05, 0) is 32.9 Å². The van der Waals surface area contributed by atoms with Gasteiger partial charge in [-0.15, -0.1) is 24.0 Å². The predicted molar refractivity (Wildman–Crippen MR) is 127 cm³/mol. The van der Waals surface area contributed by atoms with Crippen LogP contribution in [-0.4, -0.2) is 75.8 Å². The minimum atomic E-state index is -0.492. The van der Waals surface area contributed by atoms with Gasteiger partial charge in [0.05, 0.1) is 23.6 Å². The SMILES string of the molecule is CC(C)(C)OC(=O)N1CCN2C(NCCn3c(=O)[nH]c4ccccc43)=NCC2C1.I. The lowest BCUT2D eigenvalue weighted by atomic mass is 10.2. The quantitative estimate of drug-likeness (QED) is 0.593. The molecule has 2 aliphatic heterocycles. The highest BCUT2D eigenvalue weighted by molar-refractivity contribution is 14.0. The van der Waals surface area contributed by atoms with Gasteiger partial charge in [0, 0.05) is 32.7 Å². The second kappa shape index (κ2) is 8.86. The van der Waals surface area contributed by atoms with Crippen LogP contribution in [0, 0.1) is 0 Å². The van der Waals surface area contributed by atoms with Crippen molar-refractivity contribution in [3.63, 3.8) is 0 Å². The molecule has 1 atom stereocenters. The average molecular weight is 528 g/mol. The number of carbonyl (C=O) groups is 1. The van der Waals surface area contributed by atoms with Crippen LogP contribution in [-0.2, 0) is 11.3 Å². The highest BCUT2D eigenvalue weighted by Gasteiger charge is 2.36. The second-order valence-electron chi connectivity index (χ2n) is 8.46. The molecule has 3 heterocycles. The number of aliphatic imine (C=N–C) groups is 1. The molecule has 2 N–H and O–H groups in total. The van der Waals surface area contributed by atoms with E-state index in [4.69, 9.17) is 4.74 Å². The van der Waals surface area contributed by atoms with Crippen LogP contribution in [0.5, 0.6) is 0 Å². The van der Waals surface area contributed by atoms with E-state index in [1.54, 1.807) is 9.47 Å². The van der Waals surface area contributed by atoms with Gasteiger partial charge < -0.3 is 24.8 Å². The third kappa shape index (κ3) is 4.73. The number of imidazole rings is 1. The summed E-state index contributed by atoms with van der Waals surface area (Å²) < 4.78 is 7.22. The molecular formula is C20H29IN6O3. The third-order valence-electron chi connectivity index (χ3n) is 5.16. The number of hydrogen-bond donors (Lipinski definition) is 2. The molecule has 1 aromatic heterocycles. The molecule has 9 nitrogen and oxygen atoms in total. The van der Waals surface area contributed by atoms with Crippen LogP contribution in [0.4, 0.5) is 4.79 Å². The second-order valence-corrected chi connectivity index (χ2v) is 8.46. The normalized spacial score (nSPS) is 18.6. The van der Waals surface area contributed by atoms with Crippen LogP contribution in [0.15, 0.2) is 34.1 Å². The number of guanidine groups is 1. The summed E-state index contributed by atoms with van der Waals surface area (Å²) in [7, 11) is 0. The van der Waals surface area contributed by atoms with E-state index in [0.29, 0.717) is 39.3 Å². The number of benzene rings is 1. The number of piperazine rings is 1. The number of aromatic amines is 1. The molecule has 0 radical (unpaired) electrons. The average Bonchev–Trinajstić information content (AvgIpc) is 3.21. The summed E-state index contributed by atoms with van der Waals surface area (Å²) in [6, 6.07) is 7.83. The van der Waals surface area contributed by atoms with E-state index in [1.807, 2.05) is 45.0 Å². The molecule has 10 heteroatoms. The smallest absolute Gasteiger partial charge is 0.410 e. The van der Waals surface area contributed by atoms with Crippen molar-refractivity contribution in [2.24, 2.45) is 4.99 Å². The zero-order valence-corrected chi connectivity index (χ0v) is 19.9. The first-order valence-corrected chi connectivity index (χ1v) is 10.0. The summed E-state index contributed by atoms with van der Waals surface area (Å²) in [6.07, 6.45) is -0.266. The molecule has 0 aliphatic carbocycles. The Morgan fingerprint density at radius 3 is 2.83 bits per heavy atom. The molecule has 1 aromatic carbocycles. The molecule has 4 rings (SSSR count). The fourth-order valence-electron chi connectivity index (χ4n) is 3.83. The largest absolute Gasteiger partial charge is 0.444 e. The van der Waals surface area contributed by atoms with Gasteiger partial charge in [-0.1, -0.05) is 12.1 Å². The number of rotatable bonds is 3. The van der Waals surface area contributed by atoms with Crippen LogP contribution in [0.3, 0.4) is 0 Å². The van der Waals surface area contributed by atoms with E-state index in [0.717, 1.165) is 17.0 Å². The maximum absolute atomic E-state index is 12.3. The van der Waals surface area contributed by atoms with Crippen molar-refractivity contribution in [2.45, 2.75) is 39.0 Å². The topological polar surface area (TPSA) is 95.0 Å². The Bertz CT molecular complexity index is 992. The van der Waals surface area contributed by atoms with Gasteiger partial charge >= 0.3 is 11.8 Å². The van der Waals surface area contributed by atoms with Gasteiger partial charge in [0.1, 0.15) is 5.60 Å². The Morgan fingerprint density at radius 1 is 1.30 bits per heavy atom. The highest BCUT2D eigenvalue weighted by atomic mass is 127. The Kier molecular flexibility index (Phi) is 6.63. The molecule has 2 aromatic rings. The highest BCUT2D eigenvalue weighted by Crippen LogP contribution is 2.18. The first-order chi connectivity index (χ1) is 13.8. The van der Waals surface area contributed by atoms with Crippen molar-refractivity contribution < 1.29 is 9.53 Å². The van der Waals surface area contributed by atoms with Gasteiger partial charge in [-0.25, -0.2) is 9.59 Å². The summed E-state index contributed by atoms with van der Waals surface area (Å²) in [5.41, 5.74) is 1.14. The third-order valence-corrected chi connectivity index (χ3v) is 5.16. The van der Waals surface area contributed by atoms with Gasteiger partial charge in [0.25, 0.3) is 0 Å². The minimum absolute atomic E-state index is 0. The van der Waals surface area contributed by atoms with E-state index in [1.165, 1.54) is 0 Å². The van der Waals surface area contributed by atoms with Crippen molar-refractivity contribution >= 4 is 47.1 Å². The number of carbonyl (C=O) groups excluding carboxylic acids is 1. The van der Waals surface area contributed by atoms with Gasteiger partial charge in [-0.2, -0.15) is 0 Å². The number of nitrogens with one attached hydrogen (secondary N) is 2. The Balaban J connectivity index is 0.00000256. The maximum atomic E-state index is 12.3. The number of para-hydroxylation sites is 2. The number of fused-ring (bicyclic) bond motifs is 2. The molecular weight excluding hydrogens is 499 g/mol. The van der Waals surface area contributed by atoms with E-state index in [-0.39, 0.29) is 41.8 Å². The Morgan fingerprint density at radius 2 is 2.07 bits per heavy atom. The molecule has 0 spiro atoms. The van der Waals surface area contributed by atoms with Crippen LogP contribution in [0.25, 0.3) is 11.0 Å².